The third-order valence-corrected chi connectivity index (χ3v) is 4.77. The van der Waals surface area contributed by atoms with Crippen molar-refractivity contribution in [2.45, 2.75) is 44.9 Å². The topological polar surface area (TPSA) is 58.5 Å². The van der Waals surface area contributed by atoms with Gasteiger partial charge in [-0.1, -0.05) is 39.0 Å². The summed E-state index contributed by atoms with van der Waals surface area (Å²) in [6.07, 6.45) is 2.85. The van der Waals surface area contributed by atoms with Gasteiger partial charge in [0.05, 0.1) is 4.90 Å². The van der Waals surface area contributed by atoms with Gasteiger partial charge >= 0.3 is 0 Å². The Morgan fingerprint density at radius 3 is 2.50 bits per heavy atom. The molecule has 2 rings (SSSR count). The molecule has 4 nitrogen and oxygen atoms in total. The van der Waals surface area contributed by atoms with E-state index in [-0.39, 0.29) is 10.3 Å². The van der Waals surface area contributed by atoms with Crippen LogP contribution in [0.25, 0.3) is 0 Å². The van der Waals surface area contributed by atoms with Crippen LogP contribution in [0, 0.1) is 11.3 Å². The molecular weight excluding hydrogens is 272 g/mol. The minimum atomic E-state index is -3.55. The van der Waals surface area contributed by atoms with Gasteiger partial charge in [0.15, 0.2) is 0 Å². The Hall–Kier alpha value is -1.36. The summed E-state index contributed by atoms with van der Waals surface area (Å²) in [6, 6.07) is 8.32. The van der Waals surface area contributed by atoms with Gasteiger partial charge in [0.1, 0.15) is 0 Å². The van der Waals surface area contributed by atoms with Crippen molar-refractivity contribution in [2.24, 2.45) is 16.4 Å². The van der Waals surface area contributed by atoms with Gasteiger partial charge in [0, 0.05) is 5.71 Å². The van der Waals surface area contributed by atoms with E-state index in [2.05, 4.69) is 30.7 Å². The van der Waals surface area contributed by atoms with Crippen molar-refractivity contribution in [3.63, 3.8) is 0 Å². The first-order chi connectivity index (χ1) is 9.28. The molecule has 1 atom stereocenters. The van der Waals surface area contributed by atoms with Crippen molar-refractivity contribution in [3.8, 4) is 0 Å². The van der Waals surface area contributed by atoms with Crippen LogP contribution in [0.3, 0.4) is 0 Å². The summed E-state index contributed by atoms with van der Waals surface area (Å²) in [7, 11) is -3.55. The molecule has 0 heterocycles. The van der Waals surface area contributed by atoms with Gasteiger partial charge in [0.25, 0.3) is 10.0 Å². The molecule has 0 amide bonds. The highest BCUT2D eigenvalue weighted by molar-refractivity contribution is 7.89. The minimum absolute atomic E-state index is 0.189. The Labute approximate surface area is 121 Å². The molecule has 1 aromatic rings. The van der Waals surface area contributed by atoms with E-state index in [1.165, 1.54) is 0 Å². The van der Waals surface area contributed by atoms with Gasteiger partial charge in [-0.25, -0.2) is 4.83 Å². The van der Waals surface area contributed by atoms with Crippen LogP contribution in [0.4, 0.5) is 0 Å². The summed E-state index contributed by atoms with van der Waals surface area (Å²) < 4.78 is 24.2. The molecule has 0 aromatic heterocycles. The molecule has 0 bridgehead atoms. The summed E-state index contributed by atoms with van der Waals surface area (Å²) in [5.41, 5.74) is 1.13. The van der Waals surface area contributed by atoms with E-state index in [1.54, 1.807) is 30.3 Å². The molecule has 20 heavy (non-hydrogen) atoms. The minimum Gasteiger partial charge on any atom is -0.200 e. The van der Waals surface area contributed by atoms with Gasteiger partial charge in [-0.2, -0.15) is 13.5 Å². The van der Waals surface area contributed by atoms with Gasteiger partial charge in [-0.3, -0.25) is 0 Å². The van der Waals surface area contributed by atoms with Crippen LogP contribution >= 0.6 is 0 Å². The Bertz CT molecular complexity index is 592. The van der Waals surface area contributed by atoms with Crippen LogP contribution in [0.5, 0.6) is 0 Å². The second-order valence-electron chi connectivity index (χ2n) is 6.44. The van der Waals surface area contributed by atoms with Gasteiger partial charge in [-0.05, 0) is 42.7 Å². The van der Waals surface area contributed by atoms with E-state index in [0.29, 0.717) is 5.92 Å². The average molecular weight is 294 g/mol. The highest BCUT2D eigenvalue weighted by Crippen LogP contribution is 2.36. The monoisotopic (exact) mass is 294 g/mol. The van der Waals surface area contributed by atoms with E-state index in [9.17, 15) is 8.42 Å². The van der Waals surface area contributed by atoms with Gasteiger partial charge in [0.2, 0.25) is 0 Å². The SMILES string of the molecule is CC1C/C(=N\NS(=O)(=O)c2ccccc2)CC(C)(C)C1. The largest absolute Gasteiger partial charge is 0.276 e. The summed E-state index contributed by atoms with van der Waals surface area (Å²) in [5, 5.41) is 4.16. The van der Waals surface area contributed by atoms with Crippen molar-refractivity contribution >= 4 is 15.7 Å². The fraction of sp³-hybridized carbons (Fsp3) is 0.533. The Morgan fingerprint density at radius 2 is 1.90 bits per heavy atom. The van der Waals surface area contributed by atoms with Crippen LogP contribution in [0.15, 0.2) is 40.3 Å². The lowest BCUT2D eigenvalue weighted by molar-refractivity contribution is 0.265. The van der Waals surface area contributed by atoms with E-state index < -0.39 is 10.0 Å². The van der Waals surface area contributed by atoms with Crippen molar-refractivity contribution in [1.82, 2.24) is 4.83 Å². The van der Waals surface area contributed by atoms with Crippen molar-refractivity contribution in [2.75, 3.05) is 0 Å². The predicted octanol–water partition coefficient (Wildman–Crippen LogP) is 3.17. The fourth-order valence-electron chi connectivity index (χ4n) is 2.98. The van der Waals surface area contributed by atoms with Crippen LogP contribution in [-0.2, 0) is 10.0 Å². The quantitative estimate of drug-likeness (QED) is 0.870. The maximum atomic E-state index is 12.1. The molecule has 1 aromatic carbocycles. The third-order valence-electron chi connectivity index (χ3n) is 3.55. The number of rotatable bonds is 3. The molecule has 1 fully saturated rings. The molecule has 5 heteroatoms. The van der Waals surface area contributed by atoms with Gasteiger partial charge in [-0.15, -0.1) is 0 Å². The smallest absolute Gasteiger partial charge is 0.200 e. The first kappa shape index (κ1) is 15.0. The maximum absolute atomic E-state index is 12.1. The molecule has 1 N–H and O–H groups in total. The number of benzene rings is 1. The molecule has 1 saturated carbocycles. The van der Waals surface area contributed by atoms with Crippen molar-refractivity contribution in [3.05, 3.63) is 30.3 Å². The van der Waals surface area contributed by atoms with Crippen LogP contribution < -0.4 is 4.83 Å². The summed E-state index contributed by atoms with van der Waals surface area (Å²) >= 11 is 0. The second-order valence-corrected chi connectivity index (χ2v) is 8.10. The highest BCUT2D eigenvalue weighted by Gasteiger charge is 2.29. The molecular formula is C15H22N2O2S. The number of nitrogens with one attached hydrogen (secondary N) is 1. The Kier molecular flexibility index (Phi) is 4.18. The van der Waals surface area contributed by atoms with Crippen LogP contribution in [0.1, 0.15) is 40.0 Å². The van der Waals surface area contributed by atoms with Crippen molar-refractivity contribution in [1.29, 1.82) is 0 Å². The fourth-order valence-corrected chi connectivity index (χ4v) is 3.85. The summed E-state index contributed by atoms with van der Waals surface area (Å²) in [6.45, 7) is 6.58. The summed E-state index contributed by atoms with van der Waals surface area (Å²) in [4.78, 5) is 2.61. The molecule has 0 radical (unpaired) electrons. The number of hydrogen-bond acceptors (Lipinski definition) is 3. The zero-order valence-electron chi connectivity index (χ0n) is 12.3. The number of hydrazone groups is 1. The second kappa shape index (κ2) is 5.56. The Balaban J connectivity index is 2.13. The third kappa shape index (κ3) is 3.82. The standard InChI is InChI=1S/C15H22N2O2S/c1-12-9-13(11-15(2,3)10-12)16-17-20(18,19)14-7-5-4-6-8-14/h4-8,12,17H,9-11H2,1-3H3/b16-13+. The average Bonchev–Trinajstić information content (AvgIpc) is 2.35. The number of hydrogen-bond donors (Lipinski definition) is 1. The first-order valence-corrected chi connectivity index (χ1v) is 8.39. The first-order valence-electron chi connectivity index (χ1n) is 6.91. The number of sulfonamides is 1. The predicted molar refractivity (Wildman–Crippen MR) is 81.0 cm³/mol. The van der Waals surface area contributed by atoms with Crippen LogP contribution in [-0.4, -0.2) is 14.1 Å². The molecule has 0 spiro atoms. The van der Waals surface area contributed by atoms with E-state index >= 15 is 0 Å². The van der Waals surface area contributed by atoms with E-state index in [4.69, 9.17) is 0 Å². The van der Waals surface area contributed by atoms with E-state index in [1.807, 2.05) is 0 Å². The van der Waals surface area contributed by atoms with Gasteiger partial charge < -0.3 is 0 Å². The molecule has 0 saturated heterocycles. The Morgan fingerprint density at radius 1 is 1.25 bits per heavy atom. The highest BCUT2D eigenvalue weighted by atomic mass is 32.2. The van der Waals surface area contributed by atoms with Crippen molar-refractivity contribution < 1.29 is 8.42 Å². The lowest BCUT2D eigenvalue weighted by Gasteiger charge is -2.34. The molecule has 110 valence electrons. The zero-order valence-corrected chi connectivity index (χ0v) is 13.1. The number of nitrogens with zero attached hydrogens (tertiary/aromatic N) is 1. The lowest BCUT2D eigenvalue weighted by atomic mass is 9.72. The molecule has 1 unspecified atom stereocenters. The van der Waals surface area contributed by atoms with E-state index in [0.717, 1.165) is 25.0 Å². The molecule has 1 aliphatic rings. The normalized spacial score (nSPS) is 24.6. The summed E-state index contributed by atoms with van der Waals surface area (Å²) in [5.74, 6) is 0.540. The van der Waals surface area contributed by atoms with Crippen LogP contribution in [0.2, 0.25) is 0 Å². The molecule has 0 aliphatic heterocycles. The maximum Gasteiger partial charge on any atom is 0.276 e. The molecule has 1 aliphatic carbocycles. The lowest BCUT2D eigenvalue weighted by Crippen LogP contribution is -2.30. The zero-order chi connectivity index (χ0) is 14.8.